The van der Waals surface area contributed by atoms with Crippen LogP contribution in [0.25, 0.3) is 10.9 Å². The van der Waals surface area contributed by atoms with Crippen LogP contribution < -0.4 is 5.32 Å². The molecular formula is C20H18N2OS. The van der Waals surface area contributed by atoms with Gasteiger partial charge in [-0.05, 0) is 35.1 Å². The minimum Gasteiger partial charge on any atom is -0.343 e. The molecule has 1 aliphatic rings. The number of rotatable bonds is 4. The van der Waals surface area contributed by atoms with Crippen molar-refractivity contribution in [3.63, 3.8) is 0 Å². The zero-order chi connectivity index (χ0) is 16.5. The Hall–Kier alpha value is -2.46. The molecule has 1 amide bonds. The predicted molar refractivity (Wildman–Crippen MR) is 100 cm³/mol. The lowest BCUT2D eigenvalue weighted by Gasteiger charge is -2.10. The lowest BCUT2D eigenvalue weighted by Crippen LogP contribution is -2.13. The maximum Gasteiger partial charge on any atom is 0.283 e. The van der Waals surface area contributed by atoms with Gasteiger partial charge in [-0.2, -0.15) is 0 Å². The van der Waals surface area contributed by atoms with Crippen LogP contribution in [0.3, 0.4) is 0 Å². The van der Waals surface area contributed by atoms with Crippen LogP contribution in [0.15, 0.2) is 73.1 Å². The van der Waals surface area contributed by atoms with Crippen molar-refractivity contribution in [1.29, 1.82) is 0 Å². The van der Waals surface area contributed by atoms with Crippen molar-refractivity contribution in [2.24, 2.45) is 0 Å². The molecule has 2 aromatic carbocycles. The Labute approximate surface area is 145 Å². The quantitative estimate of drug-likeness (QED) is 0.758. The highest BCUT2D eigenvalue weighted by atomic mass is 32.2. The van der Waals surface area contributed by atoms with E-state index >= 15 is 0 Å². The Balaban J connectivity index is 1.61. The monoisotopic (exact) mass is 334 g/mol. The molecule has 120 valence electrons. The summed E-state index contributed by atoms with van der Waals surface area (Å²) in [6.45, 7) is 4.81. The standard InChI is InChI=1S/C20H18N2OS/c1-14-19(24-20(23)21-14)12-16-7-8-17-9-10-22(18(17)11-16)13-15-5-3-2-4-6-15/h2-11,19H,1,12-13H2,(H,21,23). The number of carbonyl (C=O) groups is 1. The van der Waals surface area contributed by atoms with E-state index in [-0.39, 0.29) is 10.5 Å². The zero-order valence-corrected chi connectivity index (χ0v) is 14.1. The van der Waals surface area contributed by atoms with Gasteiger partial charge in [0.2, 0.25) is 0 Å². The van der Waals surface area contributed by atoms with Gasteiger partial charge in [-0.15, -0.1) is 0 Å². The lowest BCUT2D eigenvalue weighted by atomic mass is 10.1. The second-order valence-electron chi connectivity index (χ2n) is 6.07. The number of benzene rings is 2. The van der Waals surface area contributed by atoms with Crippen molar-refractivity contribution in [2.75, 3.05) is 0 Å². The second-order valence-corrected chi connectivity index (χ2v) is 7.25. The summed E-state index contributed by atoms with van der Waals surface area (Å²) in [5.41, 5.74) is 4.55. The molecule has 1 unspecified atom stereocenters. The van der Waals surface area contributed by atoms with Crippen molar-refractivity contribution in [2.45, 2.75) is 18.2 Å². The molecule has 24 heavy (non-hydrogen) atoms. The Morgan fingerprint density at radius 2 is 1.92 bits per heavy atom. The van der Waals surface area contributed by atoms with E-state index < -0.39 is 0 Å². The summed E-state index contributed by atoms with van der Waals surface area (Å²) >= 11 is 1.33. The average molecular weight is 334 g/mol. The average Bonchev–Trinajstić information content (AvgIpc) is 3.11. The molecule has 1 atom stereocenters. The number of nitrogens with one attached hydrogen (secondary N) is 1. The van der Waals surface area contributed by atoms with E-state index in [4.69, 9.17) is 0 Å². The Kier molecular flexibility index (Phi) is 3.90. The van der Waals surface area contributed by atoms with Crippen LogP contribution in [-0.2, 0) is 13.0 Å². The normalized spacial score (nSPS) is 17.4. The molecular weight excluding hydrogens is 316 g/mol. The maximum atomic E-state index is 11.5. The molecule has 4 heteroatoms. The summed E-state index contributed by atoms with van der Waals surface area (Å²) < 4.78 is 2.27. The number of hydrogen-bond acceptors (Lipinski definition) is 2. The van der Waals surface area contributed by atoms with Crippen LogP contribution >= 0.6 is 11.8 Å². The summed E-state index contributed by atoms with van der Waals surface area (Å²) in [5, 5.41) is 4.14. The summed E-state index contributed by atoms with van der Waals surface area (Å²) in [4.78, 5) is 11.5. The van der Waals surface area contributed by atoms with Gasteiger partial charge < -0.3 is 9.88 Å². The fraction of sp³-hybridized carbons (Fsp3) is 0.150. The minimum atomic E-state index is -0.00136. The molecule has 2 heterocycles. The fourth-order valence-corrected chi connectivity index (χ4v) is 4.02. The Morgan fingerprint density at radius 3 is 2.67 bits per heavy atom. The smallest absolute Gasteiger partial charge is 0.283 e. The number of fused-ring (bicyclic) bond motifs is 1. The third kappa shape index (κ3) is 2.97. The molecule has 3 aromatic rings. The van der Waals surface area contributed by atoms with Crippen molar-refractivity contribution < 1.29 is 4.79 Å². The van der Waals surface area contributed by atoms with Gasteiger partial charge in [0, 0.05) is 24.0 Å². The van der Waals surface area contributed by atoms with Gasteiger partial charge in [0.15, 0.2) is 0 Å². The summed E-state index contributed by atoms with van der Waals surface area (Å²) in [7, 11) is 0. The van der Waals surface area contributed by atoms with Crippen molar-refractivity contribution >= 4 is 27.9 Å². The summed E-state index contributed by atoms with van der Waals surface area (Å²) in [6, 6.07) is 19.1. The first kappa shape index (κ1) is 15.1. The van der Waals surface area contributed by atoms with E-state index in [1.807, 2.05) is 6.07 Å². The molecule has 0 bridgehead atoms. The SMILES string of the molecule is C=C1NC(=O)SC1Cc1ccc2ccn(Cc3ccccc3)c2c1. The van der Waals surface area contributed by atoms with E-state index in [1.54, 1.807) is 0 Å². The molecule has 1 saturated heterocycles. The second kappa shape index (κ2) is 6.21. The molecule has 1 fully saturated rings. The van der Waals surface area contributed by atoms with Crippen molar-refractivity contribution in [1.82, 2.24) is 9.88 Å². The maximum absolute atomic E-state index is 11.5. The molecule has 0 saturated carbocycles. The largest absolute Gasteiger partial charge is 0.343 e. The van der Waals surface area contributed by atoms with Crippen molar-refractivity contribution in [3.8, 4) is 0 Å². The van der Waals surface area contributed by atoms with Crippen LogP contribution in [0.5, 0.6) is 0 Å². The number of carbonyl (C=O) groups excluding carboxylic acids is 1. The van der Waals surface area contributed by atoms with Crippen LogP contribution in [0, 0.1) is 0 Å². The van der Waals surface area contributed by atoms with Gasteiger partial charge in [-0.25, -0.2) is 0 Å². The van der Waals surface area contributed by atoms with E-state index in [9.17, 15) is 4.79 Å². The minimum absolute atomic E-state index is 0.00136. The number of amides is 1. The van der Waals surface area contributed by atoms with Gasteiger partial charge >= 0.3 is 0 Å². The molecule has 0 radical (unpaired) electrons. The Bertz CT molecular complexity index is 914. The van der Waals surface area contributed by atoms with Gasteiger partial charge in [-0.3, -0.25) is 4.79 Å². The topological polar surface area (TPSA) is 34.0 Å². The number of thioether (sulfide) groups is 1. The highest BCUT2D eigenvalue weighted by Crippen LogP contribution is 2.29. The molecule has 0 aliphatic carbocycles. The molecule has 1 aromatic heterocycles. The highest BCUT2D eigenvalue weighted by Gasteiger charge is 2.26. The Morgan fingerprint density at radius 1 is 1.08 bits per heavy atom. The fourth-order valence-electron chi connectivity index (χ4n) is 3.09. The van der Waals surface area contributed by atoms with Crippen molar-refractivity contribution in [3.05, 3.63) is 84.2 Å². The summed E-state index contributed by atoms with van der Waals surface area (Å²) in [6.07, 6.45) is 2.95. The lowest BCUT2D eigenvalue weighted by molar-refractivity contribution is 0.263. The molecule has 0 spiro atoms. The number of nitrogens with zero attached hydrogens (tertiary/aromatic N) is 1. The first-order chi connectivity index (χ1) is 11.7. The van der Waals surface area contributed by atoms with E-state index in [1.165, 1.54) is 33.8 Å². The van der Waals surface area contributed by atoms with E-state index in [0.717, 1.165) is 18.7 Å². The highest BCUT2D eigenvalue weighted by molar-refractivity contribution is 8.14. The first-order valence-corrected chi connectivity index (χ1v) is 8.85. The number of aromatic nitrogens is 1. The van der Waals surface area contributed by atoms with Gasteiger partial charge in [0.1, 0.15) is 0 Å². The van der Waals surface area contributed by atoms with Crippen LogP contribution in [0.4, 0.5) is 4.79 Å². The van der Waals surface area contributed by atoms with Gasteiger partial charge in [0.05, 0.1) is 5.25 Å². The molecule has 4 rings (SSSR count). The van der Waals surface area contributed by atoms with E-state index in [2.05, 4.69) is 71.2 Å². The molecule has 1 aliphatic heterocycles. The van der Waals surface area contributed by atoms with E-state index in [0.29, 0.717) is 0 Å². The van der Waals surface area contributed by atoms with Gasteiger partial charge in [-0.1, -0.05) is 60.8 Å². The van der Waals surface area contributed by atoms with Crippen LogP contribution in [0.2, 0.25) is 0 Å². The zero-order valence-electron chi connectivity index (χ0n) is 13.2. The third-order valence-corrected chi connectivity index (χ3v) is 5.41. The first-order valence-electron chi connectivity index (χ1n) is 7.97. The van der Waals surface area contributed by atoms with Crippen LogP contribution in [0.1, 0.15) is 11.1 Å². The molecule has 1 N–H and O–H groups in total. The number of hydrogen-bond donors (Lipinski definition) is 1. The van der Waals surface area contributed by atoms with Gasteiger partial charge in [0.25, 0.3) is 5.24 Å². The third-order valence-electron chi connectivity index (χ3n) is 4.36. The molecule has 3 nitrogen and oxygen atoms in total. The predicted octanol–water partition coefficient (Wildman–Crippen LogP) is 4.57. The summed E-state index contributed by atoms with van der Waals surface area (Å²) in [5.74, 6) is 0. The van der Waals surface area contributed by atoms with Crippen LogP contribution in [-0.4, -0.2) is 15.1 Å².